The van der Waals surface area contributed by atoms with Crippen LogP contribution in [0.1, 0.15) is 51.9 Å². The van der Waals surface area contributed by atoms with Crippen LogP contribution in [0, 0.1) is 0 Å². The topological polar surface area (TPSA) is 98.2 Å². The average molecular weight is 307 g/mol. The summed E-state index contributed by atoms with van der Waals surface area (Å²) in [4.78, 5) is 22.1. The summed E-state index contributed by atoms with van der Waals surface area (Å²) >= 11 is 5.34. The van der Waals surface area contributed by atoms with Crippen LogP contribution in [0.4, 0.5) is 0 Å². The SMILES string of the molecule is CCCCNP(N)(=S)CCCC(=O)CCCC(N)=O. The van der Waals surface area contributed by atoms with E-state index in [1.807, 2.05) is 0 Å². The summed E-state index contributed by atoms with van der Waals surface area (Å²) in [7, 11) is 0. The van der Waals surface area contributed by atoms with Crippen molar-refractivity contribution in [2.24, 2.45) is 11.2 Å². The number of Topliss-reactive ketones (excluding diaryl/α,β-unsaturated/α-hetero) is 1. The molecule has 112 valence electrons. The average Bonchev–Trinajstić information content (AvgIpc) is 2.28. The zero-order valence-electron chi connectivity index (χ0n) is 11.7. The number of nitrogens with one attached hydrogen (secondary N) is 1. The Morgan fingerprint density at radius 3 is 2.37 bits per heavy atom. The second-order valence-corrected chi connectivity index (χ2v) is 9.05. The highest BCUT2D eigenvalue weighted by Crippen LogP contribution is 2.32. The fraction of sp³-hybridized carbons (Fsp3) is 0.833. The second kappa shape index (κ2) is 10.5. The molecule has 0 aromatic heterocycles. The van der Waals surface area contributed by atoms with Gasteiger partial charge in [0.05, 0.1) is 6.34 Å². The van der Waals surface area contributed by atoms with E-state index in [0.29, 0.717) is 25.4 Å². The Labute approximate surface area is 121 Å². The number of hydrogen-bond acceptors (Lipinski definition) is 3. The molecule has 5 N–H and O–H groups in total. The van der Waals surface area contributed by atoms with Crippen LogP contribution in [0.3, 0.4) is 0 Å². The molecule has 0 aliphatic rings. The standard InChI is InChI=1S/C12H26N3O2PS/c1-2-3-9-15-18(14,19)10-5-7-11(16)6-4-8-12(13)17/h2-10H2,1H3,(H2,13,17)(H3,14,15,19). The van der Waals surface area contributed by atoms with Gasteiger partial charge in [0.15, 0.2) is 0 Å². The molecule has 0 bridgehead atoms. The lowest BCUT2D eigenvalue weighted by Crippen LogP contribution is -2.20. The van der Waals surface area contributed by atoms with E-state index in [-0.39, 0.29) is 18.1 Å². The fourth-order valence-corrected chi connectivity index (χ4v) is 3.60. The summed E-state index contributed by atoms with van der Waals surface area (Å²) in [6, 6.07) is 0. The molecule has 0 saturated heterocycles. The zero-order chi connectivity index (χ0) is 14.7. The van der Waals surface area contributed by atoms with E-state index in [9.17, 15) is 9.59 Å². The molecule has 0 rings (SSSR count). The minimum atomic E-state index is -1.96. The van der Waals surface area contributed by atoms with E-state index in [2.05, 4.69) is 12.0 Å². The van der Waals surface area contributed by atoms with Crippen LogP contribution < -0.4 is 16.3 Å². The van der Waals surface area contributed by atoms with Crippen LogP contribution in [-0.2, 0) is 21.4 Å². The van der Waals surface area contributed by atoms with E-state index in [4.69, 9.17) is 23.0 Å². The van der Waals surface area contributed by atoms with Crippen molar-refractivity contribution in [1.82, 2.24) is 5.09 Å². The van der Waals surface area contributed by atoms with Crippen molar-refractivity contribution in [3.63, 3.8) is 0 Å². The molecule has 0 aliphatic heterocycles. The first-order chi connectivity index (χ1) is 8.87. The first kappa shape index (κ1) is 18.7. The Morgan fingerprint density at radius 2 is 1.79 bits per heavy atom. The van der Waals surface area contributed by atoms with Gasteiger partial charge < -0.3 is 5.73 Å². The number of unbranched alkanes of at least 4 members (excludes halogenated alkanes) is 1. The number of rotatable bonds is 12. The third kappa shape index (κ3) is 12.5. The second-order valence-electron chi connectivity index (χ2n) is 4.74. The normalized spacial score (nSPS) is 14.0. The zero-order valence-corrected chi connectivity index (χ0v) is 13.4. The Balaban J connectivity index is 3.67. The van der Waals surface area contributed by atoms with Gasteiger partial charge in [-0.1, -0.05) is 25.2 Å². The molecule has 0 saturated carbocycles. The van der Waals surface area contributed by atoms with Crippen molar-refractivity contribution in [1.29, 1.82) is 0 Å². The number of amides is 1. The molecular formula is C12H26N3O2PS. The summed E-state index contributed by atoms with van der Waals surface area (Å²) in [5.74, 6) is -0.199. The predicted molar refractivity (Wildman–Crippen MR) is 83.5 cm³/mol. The van der Waals surface area contributed by atoms with Gasteiger partial charge in [0.25, 0.3) is 0 Å². The number of carbonyl (C=O) groups is 2. The highest BCUT2D eigenvalue weighted by Gasteiger charge is 2.11. The molecular weight excluding hydrogens is 281 g/mol. The van der Waals surface area contributed by atoms with Crippen molar-refractivity contribution < 1.29 is 9.59 Å². The number of ketones is 1. The van der Waals surface area contributed by atoms with Gasteiger partial charge in [0.1, 0.15) is 5.78 Å². The van der Waals surface area contributed by atoms with Gasteiger partial charge in [-0.3, -0.25) is 20.2 Å². The van der Waals surface area contributed by atoms with Gasteiger partial charge >= 0.3 is 0 Å². The number of hydrogen-bond donors (Lipinski definition) is 3. The Kier molecular flexibility index (Phi) is 10.3. The lowest BCUT2D eigenvalue weighted by molar-refractivity contribution is -0.119. The number of nitrogens with two attached hydrogens (primary N) is 2. The molecule has 5 nitrogen and oxygen atoms in total. The molecule has 0 radical (unpaired) electrons. The molecule has 1 unspecified atom stereocenters. The molecule has 1 atom stereocenters. The quantitative estimate of drug-likeness (QED) is 0.376. The predicted octanol–water partition coefficient (Wildman–Crippen LogP) is 1.65. The number of carbonyl (C=O) groups excluding carboxylic acids is 2. The maximum absolute atomic E-state index is 11.5. The highest BCUT2D eigenvalue weighted by atomic mass is 32.4. The van der Waals surface area contributed by atoms with Crippen molar-refractivity contribution in [3.8, 4) is 0 Å². The fourth-order valence-electron chi connectivity index (χ4n) is 1.62. The van der Waals surface area contributed by atoms with E-state index < -0.39 is 6.34 Å². The summed E-state index contributed by atoms with van der Waals surface area (Å²) in [6.07, 6.45) is 3.37. The molecule has 0 spiro atoms. The van der Waals surface area contributed by atoms with Crippen LogP contribution in [-0.4, -0.2) is 24.4 Å². The molecule has 0 aromatic carbocycles. The van der Waals surface area contributed by atoms with Crippen molar-refractivity contribution in [2.75, 3.05) is 12.7 Å². The van der Waals surface area contributed by atoms with Crippen LogP contribution in [0.15, 0.2) is 0 Å². The molecule has 0 heterocycles. The summed E-state index contributed by atoms with van der Waals surface area (Å²) < 4.78 is 0. The lowest BCUT2D eigenvalue weighted by Gasteiger charge is -2.17. The summed E-state index contributed by atoms with van der Waals surface area (Å²) in [5, 5.41) is 3.22. The maximum atomic E-state index is 11.5. The third-order valence-corrected chi connectivity index (χ3v) is 5.41. The molecule has 7 heteroatoms. The Morgan fingerprint density at radius 1 is 1.16 bits per heavy atom. The lowest BCUT2D eigenvalue weighted by atomic mass is 10.1. The van der Waals surface area contributed by atoms with Crippen molar-refractivity contribution >= 4 is 29.8 Å². The van der Waals surface area contributed by atoms with Gasteiger partial charge in [-0.15, -0.1) is 0 Å². The summed E-state index contributed by atoms with van der Waals surface area (Å²) in [5.41, 5.74) is 11.0. The maximum Gasteiger partial charge on any atom is 0.217 e. The van der Waals surface area contributed by atoms with Crippen molar-refractivity contribution in [2.45, 2.75) is 51.9 Å². The first-order valence-electron chi connectivity index (χ1n) is 6.80. The molecule has 0 aromatic rings. The van der Waals surface area contributed by atoms with Gasteiger partial charge in [0.2, 0.25) is 5.91 Å². The van der Waals surface area contributed by atoms with Crippen molar-refractivity contribution in [3.05, 3.63) is 0 Å². The molecule has 0 aliphatic carbocycles. The van der Waals surface area contributed by atoms with E-state index in [1.165, 1.54) is 0 Å². The molecule has 1 amide bonds. The monoisotopic (exact) mass is 307 g/mol. The molecule has 19 heavy (non-hydrogen) atoms. The largest absolute Gasteiger partial charge is 0.370 e. The summed E-state index contributed by atoms with van der Waals surface area (Å²) in [6.45, 7) is 2.98. The highest BCUT2D eigenvalue weighted by molar-refractivity contribution is 8.12. The minimum Gasteiger partial charge on any atom is -0.370 e. The van der Waals surface area contributed by atoms with Gasteiger partial charge in [0, 0.05) is 32.0 Å². The Bertz CT molecular complexity index is 337. The smallest absolute Gasteiger partial charge is 0.217 e. The third-order valence-electron chi connectivity index (χ3n) is 2.73. The van der Waals surface area contributed by atoms with E-state index >= 15 is 0 Å². The van der Waals surface area contributed by atoms with E-state index in [1.54, 1.807) is 0 Å². The van der Waals surface area contributed by atoms with Gasteiger partial charge in [-0.25, -0.2) is 0 Å². The minimum absolute atomic E-state index is 0.157. The Hall–Kier alpha value is -0.290. The van der Waals surface area contributed by atoms with Crippen LogP contribution >= 0.6 is 6.34 Å². The van der Waals surface area contributed by atoms with E-state index in [0.717, 1.165) is 25.8 Å². The number of primary amides is 1. The van der Waals surface area contributed by atoms with Crippen LogP contribution in [0.5, 0.6) is 0 Å². The van der Waals surface area contributed by atoms with Gasteiger partial charge in [-0.05, 0) is 19.3 Å². The first-order valence-corrected chi connectivity index (χ1v) is 9.86. The van der Waals surface area contributed by atoms with Crippen LogP contribution in [0.25, 0.3) is 0 Å². The van der Waals surface area contributed by atoms with Gasteiger partial charge in [-0.2, -0.15) is 0 Å². The molecule has 0 fully saturated rings. The van der Waals surface area contributed by atoms with Crippen LogP contribution in [0.2, 0.25) is 0 Å².